The Morgan fingerprint density at radius 3 is 2.33 bits per heavy atom. The van der Waals surface area contributed by atoms with Gasteiger partial charge >= 0.3 is 5.97 Å². The third-order valence-corrected chi connectivity index (χ3v) is 8.91. The van der Waals surface area contributed by atoms with Gasteiger partial charge in [0.05, 0.1) is 24.9 Å². The minimum absolute atomic E-state index is 0. The molecule has 1 saturated heterocycles. The Balaban J connectivity index is 0.00000461. The van der Waals surface area contributed by atoms with Crippen LogP contribution in [0, 0.1) is 0 Å². The third kappa shape index (κ3) is 6.83. The lowest BCUT2D eigenvalue weighted by molar-refractivity contribution is -0.140. The smallest absolute Gasteiger partial charge is 0.307 e. The van der Waals surface area contributed by atoms with E-state index in [0.29, 0.717) is 38.8 Å². The summed E-state index contributed by atoms with van der Waals surface area (Å²) < 4.78 is 6.10. The Bertz CT molecular complexity index is 1600. The van der Waals surface area contributed by atoms with Crippen LogP contribution in [0.4, 0.5) is 0 Å². The van der Waals surface area contributed by atoms with Crippen LogP contribution in [0.15, 0.2) is 77.7 Å². The van der Waals surface area contributed by atoms with Gasteiger partial charge in [-0.1, -0.05) is 54.6 Å². The van der Waals surface area contributed by atoms with E-state index in [0.717, 1.165) is 16.7 Å². The number of rotatable bonds is 8. The van der Waals surface area contributed by atoms with Gasteiger partial charge in [0.2, 0.25) is 11.8 Å². The lowest BCUT2D eigenvalue weighted by Crippen LogP contribution is -2.51. The van der Waals surface area contributed by atoms with E-state index in [2.05, 4.69) is 10.6 Å². The van der Waals surface area contributed by atoms with Crippen LogP contribution in [0.3, 0.4) is 0 Å². The van der Waals surface area contributed by atoms with Crippen LogP contribution in [-0.4, -0.2) is 65.9 Å². The molecule has 238 valence electrons. The molecule has 2 N–H and O–H groups in total. The van der Waals surface area contributed by atoms with Crippen molar-refractivity contribution in [2.24, 2.45) is 7.05 Å². The van der Waals surface area contributed by atoms with Crippen molar-refractivity contribution in [1.29, 1.82) is 0 Å². The molecule has 2 atom stereocenters. The Labute approximate surface area is 269 Å². The number of ether oxygens (including phenoxy) is 1. The van der Waals surface area contributed by atoms with Gasteiger partial charge in [-0.2, -0.15) is 13.5 Å². The topological polar surface area (TPSA) is 127 Å². The molecule has 1 aliphatic heterocycles. The molecule has 0 radical (unpaired) electrons. The number of carbonyl (C=O) groups excluding carboxylic acids is 4. The first-order chi connectivity index (χ1) is 21.3. The lowest BCUT2D eigenvalue weighted by atomic mass is 9.62. The minimum atomic E-state index is -1.02. The summed E-state index contributed by atoms with van der Waals surface area (Å²) in [6.07, 6.45) is 3.73. The Kier molecular flexibility index (Phi) is 10.9. The number of benzene rings is 2. The average Bonchev–Trinajstić information content (AvgIpc) is 3.05. The molecule has 1 fully saturated rings. The van der Waals surface area contributed by atoms with Crippen molar-refractivity contribution in [3.63, 3.8) is 0 Å². The van der Waals surface area contributed by atoms with Gasteiger partial charge in [-0.05, 0) is 54.5 Å². The zero-order chi connectivity index (χ0) is 31.3. The van der Waals surface area contributed by atoms with Gasteiger partial charge in [0.1, 0.15) is 5.56 Å². The zero-order valence-electron chi connectivity index (χ0n) is 25.6. The molecule has 3 amide bonds. The average molecular weight is 633 g/mol. The zero-order valence-corrected chi connectivity index (χ0v) is 26.6. The summed E-state index contributed by atoms with van der Waals surface area (Å²) in [4.78, 5) is 66.6. The van der Waals surface area contributed by atoms with E-state index >= 15 is 0 Å². The van der Waals surface area contributed by atoms with Crippen LogP contribution >= 0.6 is 13.5 Å². The number of carbonyl (C=O) groups is 4. The van der Waals surface area contributed by atoms with E-state index < -0.39 is 23.2 Å². The SMILES string of the molecule is COC(=O)CCNC(=O)[C@@]1(c2ccccc2)CC[C@H](C(=O)N2CCC(NC(=O)c3cccn(C)c3=O)CC2)c2ccccc21.S. The highest BCUT2D eigenvalue weighted by molar-refractivity contribution is 7.59. The number of methoxy groups -OCH3 is 1. The number of fused-ring (bicyclic) bond motifs is 1. The molecular formula is C34H40N4O6S. The fraction of sp³-hybridized carbons (Fsp3) is 0.382. The summed E-state index contributed by atoms with van der Waals surface area (Å²) in [6, 6.07) is 20.3. The molecule has 45 heavy (non-hydrogen) atoms. The fourth-order valence-electron chi connectivity index (χ4n) is 6.52. The predicted molar refractivity (Wildman–Crippen MR) is 174 cm³/mol. The molecule has 5 rings (SSSR count). The Morgan fingerprint density at radius 2 is 1.62 bits per heavy atom. The second-order valence-corrected chi connectivity index (χ2v) is 11.4. The number of nitrogens with one attached hydrogen (secondary N) is 2. The first-order valence-corrected chi connectivity index (χ1v) is 15.0. The second kappa shape index (κ2) is 14.6. The van der Waals surface area contributed by atoms with Gasteiger partial charge in [0, 0.05) is 38.9 Å². The van der Waals surface area contributed by atoms with Crippen LogP contribution in [0.25, 0.3) is 0 Å². The molecule has 0 saturated carbocycles. The molecule has 1 aliphatic carbocycles. The highest BCUT2D eigenvalue weighted by Crippen LogP contribution is 2.48. The highest BCUT2D eigenvalue weighted by atomic mass is 32.1. The Hall–Kier alpha value is -4.38. The summed E-state index contributed by atoms with van der Waals surface area (Å²) in [5, 5.41) is 5.92. The molecule has 2 aromatic carbocycles. The molecule has 1 aromatic heterocycles. The number of esters is 1. The summed E-state index contributed by atoms with van der Waals surface area (Å²) in [5.41, 5.74) is 1.18. The molecule has 0 unspecified atom stereocenters. The van der Waals surface area contributed by atoms with Crippen LogP contribution < -0.4 is 16.2 Å². The van der Waals surface area contributed by atoms with Gasteiger partial charge in [0.15, 0.2) is 0 Å². The van der Waals surface area contributed by atoms with Gasteiger partial charge in [-0.3, -0.25) is 24.0 Å². The number of hydrogen-bond donors (Lipinski definition) is 2. The van der Waals surface area contributed by atoms with Crippen molar-refractivity contribution in [2.75, 3.05) is 26.7 Å². The summed E-state index contributed by atoms with van der Waals surface area (Å²) in [5.74, 6) is -1.42. The maximum absolute atomic E-state index is 14.0. The molecule has 2 heterocycles. The van der Waals surface area contributed by atoms with Crippen LogP contribution in [-0.2, 0) is 31.6 Å². The van der Waals surface area contributed by atoms with E-state index in [1.54, 1.807) is 19.3 Å². The first-order valence-electron chi connectivity index (χ1n) is 15.0. The van der Waals surface area contributed by atoms with E-state index in [1.165, 1.54) is 17.7 Å². The van der Waals surface area contributed by atoms with Crippen molar-refractivity contribution in [3.8, 4) is 0 Å². The lowest BCUT2D eigenvalue weighted by Gasteiger charge is -2.42. The quantitative estimate of drug-likeness (QED) is 0.368. The normalized spacial score (nSPS) is 19.4. The molecule has 0 bridgehead atoms. The molecule has 0 spiro atoms. The second-order valence-electron chi connectivity index (χ2n) is 11.4. The molecule has 10 nitrogen and oxygen atoms in total. The maximum atomic E-state index is 14.0. The predicted octanol–water partition coefficient (Wildman–Crippen LogP) is 2.76. The van der Waals surface area contributed by atoms with Crippen molar-refractivity contribution >= 4 is 37.2 Å². The summed E-state index contributed by atoms with van der Waals surface area (Å²) in [7, 11) is 2.92. The number of aryl methyl sites for hydroxylation is 1. The molecular weight excluding hydrogens is 592 g/mol. The number of aromatic nitrogens is 1. The van der Waals surface area contributed by atoms with Gasteiger partial charge in [0.25, 0.3) is 11.5 Å². The van der Waals surface area contributed by atoms with Crippen molar-refractivity contribution in [1.82, 2.24) is 20.1 Å². The van der Waals surface area contributed by atoms with Crippen molar-refractivity contribution in [2.45, 2.75) is 49.5 Å². The number of nitrogens with zero attached hydrogens (tertiary/aromatic N) is 2. The minimum Gasteiger partial charge on any atom is -0.469 e. The first kappa shape index (κ1) is 33.5. The van der Waals surface area contributed by atoms with Gasteiger partial charge in [-0.25, -0.2) is 0 Å². The standard InChI is InChI=1S/C34H38N4O6.H2S/c1-37-20-8-12-27(31(37)41)30(40)36-24-16-21-38(22-17-24)32(42)26-14-18-34(23-9-4-3-5-10-23,28-13-7-6-11-25(26)28)33(43)35-19-15-29(39)44-2;/h3-13,20,24,26H,14-19,21-22H2,1-2H3,(H,35,43)(H,36,40);1H2/t26-,34+;/m0./s1. The fourth-order valence-corrected chi connectivity index (χ4v) is 6.52. The van der Waals surface area contributed by atoms with E-state index in [-0.39, 0.29) is 55.4 Å². The number of amides is 3. The van der Waals surface area contributed by atoms with Crippen molar-refractivity contribution in [3.05, 3.63) is 106 Å². The van der Waals surface area contributed by atoms with Gasteiger partial charge < -0.3 is 24.8 Å². The highest BCUT2D eigenvalue weighted by Gasteiger charge is 2.48. The van der Waals surface area contributed by atoms with E-state index in [4.69, 9.17) is 4.74 Å². The van der Waals surface area contributed by atoms with Crippen molar-refractivity contribution < 1.29 is 23.9 Å². The van der Waals surface area contributed by atoms with E-state index in [9.17, 15) is 24.0 Å². The van der Waals surface area contributed by atoms with Crippen LogP contribution in [0.2, 0.25) is 0 Å². The van der Waals surface area contributed by atoms with E-state index in [1.807, 2.05) is 59.5 Å². The largest absolute Gasteiger partial charge is 0.469 e. The third-order valence-electron chi connectivity index (χ3n) is 8.91. The summed E-state index contributed by atoms with van der Waals surface area (Å²) >= 11 is 0. The van der Waals surface area contributed by atoms with Crippen LogP contribution in [0.5, 0.6) is 0 Å². The Morgan fingerprint density at radius 1 is 0.933 bits per heavy atom. The number of hydrogen-bond acceptors (Lipinski definition) is 6. The number of likely N-dealkylation sites (tertiary alicyclic amines) is 1. The molecule has 3 aromatic rings. The monoisotopic (exact) mass is 632 g/mol. The van der Waals surface area contributed by atoms with Gasteiger partial charge in [-0.15, -0.1) is 0 Å². The number of piperidine rings is 1. The molecule has 11 heteroatoms. The molecule has 2 aliphatic rings. The van der Waals surface area contributed by atoms with Crippen LogP contribution in [0.1, 0.15) is 65.1 Å². The summed E-state index contributed by atoms with van der Waals surface area (Å²) in [6.45, 7) is 1.11. The maximum Gasteiger partial charge on any atom is 0.307 e. The number of pyridine rings is 1.